The zero-order valence-corrected chi connectivity index (χ0v) is 13.1. The third-order valence-corrected chi connectivity index (χ3v) is 3.28. The van der Waals surface area contributed by atoms with Crippen LogP contribution in [0.3, 0.4) is 0 Å². The summed E-state index contributed by atoms with van der Waals surface area (Å²) in [6.45, 7) is 6.01. The maximum absolute atomic E-state index is 12.1. The first-order valence-electron chi connectivity index (χ1n) is 6.34. The molecule has 0 saturated carbocycles. The van der Waals surface area contributed by atoms with E-state index in [1.54, 1.807) is 18.0 Å². The smallest absolute Gasteiger partial charge is 0.226 e. The summed E-state index contributed by atoms with van der Waals surface area (Å²) in [6, 6.07) is 5.33. The Balaban J connectivity index is 2.62. The van der Waals surface area contributed by atoms with Crippen molar-refractivity contribution in [3.8, 4) is 0 Å². The van der Waals surface area contributed by atoms with Gasteiger partial charge in [0.25, 0.3) is 0 Å². The lowest BCUT2D eigenvalue weighted by Crippen LogP contribution is -2.36. The molecule has 0 heterocycles. The molecule has 5 heteroatoms. The van der Waals surface area contributed by atoms with E-state index in [2.05, 4.69) is 5.32 Å². The number of carbonyl (C=O) groups excluding carboxylic acids is 1. The highest BCUT2D eigenvalue weighted by atomic mass is 35.5. The standard InChI is InChI=1S/C14H20Cl2N2O/c1-4-17-8-10(2)14(19)18(3)9-11-5-12(15)7-13(16)6-11/h5-7,10,17H,4,8-9H2,1-3H3. The molecule has 0 aliphatic carbocycles. The van der Waals surface area contributed by atoms with Crippen molar-refractivity contribution >= 4 is 29.1 Å². The lowest BCUT2D eigenvalue weighted by molar-refractivity contribution is -0.134. The van der Waals surface area contributed by atoms with E-state index in [1.807, 2.05) is 26.0 Å². The van der Waals surface area contributed by atoms with E-state index < -0.39 is 0 Å². The molecule has 106 valence electrons. The van der Waals surface area contributed by atoms with Crippen LogP contribution in [0.2, 0.25) is 10.0 Å². The SMILES string of the molecule is CCNCC(C)C(=O)N(C)Cc1cc(Cl)cc(Cl)c1. The molecule has 0 spiro atoms. The largest absolute Gasteiger partial charge is 0.341 e. The summed E-state index contributed by atoms with van der Waals surface area (Å²) in [5.74, 6) is 0.0663. The van der Waals surface area contributed by atoms with Crippen LogP contribution in [0.4, 0.5) is 0 Å². The zero-order chi connectivity index (χ0) is 14.4. The van der Waals surface area contributed by atoms with Crippen molar-refractivity contribution in [1.82, 2.24) is 10.2 Å². The average molecular weight is 303 g/mol. The number of hydrogen-bond donors (Lipinski definition) is 1. The maximum atomic E-state index is 12.1. The molecule has 0 fully saturated rings. The summed E-state index contributed by atoms with van der Waals surface area (Å²) < 4.78 is 0. The van der Waals surface area contributed by atoms with Gasteiger partial charge in [0.2, 0.25) is 5.91 Å². The molecule has 0 radical (unpaired) electrons. The quantitative estimate of drug-likeness (QED) is 0.875. The van der Waals surface area contributed by atoms with Crippen LogP contribution in [0.25, 0.3) is 0 Å². The number of halogens is 2. The van der Waals surface area contributed by atoms with Crippen molar-refractivity contribution < 1.29 is 4.79 Å². The number of carbonyl (C=O) groups is 1. The van der Waals surface area contributed by atoms with Gasteiger partial charge in [-0.1, -0.05) is 37.0 Å². The number of nitrogens with one attached hydrogen (secondary N) is 1. The molecule has 1 aromatic carbocycles. The second-order valence-corrected chi connectivity index (χ2v) is 5.55. The molecule has 1 unspecified atom stereocenters. The van der Waals surface area contributed by atoms with Crippen molar-refractivity contribution in [3.63, 3.8) is 0 Å². The normalized spacial score (nSPS) is 12.3. The highest BCUT2D eigenvalue weighted by molar-refractivity contribution is 6.34. The van der Waals surface area contributed by atoms with Crippen molar-refractivity contribution in [2.75, 3.05) is 20.1 Å². The molecule has 1 rings (SSSR count). The Hall–Kier alpha value is -0.770. The van der Waals surface area contributed by atoms with Gasteiger partial charge < -0.3 is 10.2 Å². The van der Waals surface area contributed by atoms with Crippen LogP contribution in [0.5, 0.6) is 0 Å². The fourth-order valence-electron chi connectivity index (χ4n) is 1.88. The van der Waals surface area contributed by atoms with Crippen LogP contribution in [0, 0.1) is 5.92 Å². The van der Waals surface area contributed by atoms with E-state index >= 15 is 0 Å². The van der Waals surface area contributed by atoms with Crippen molar-refractivity contribution in [1.29, 1.82) is 0 Å². The number of nitrogens with zero attached hydrogens (tertiary/aromatic N) is 1. The Kier molecular flexibility index (Phi) is 6.63. The summed E-state index contributed by atoms with van der Waals surface area (Å²) in [7, 11) is 1.79. The first-order chi connectivity index (χ1) is 8.93. The van der Waals surface area contributed by atoms with Gasteiger partial charge in [-0.25, -0.2) is 0 Å². The molecule has 0 aromatic heterocycles. The van der Waals surface area contributed by atoms with Crippen LogP contribution >= 0.6 is 23.2 Å². The number of hydrogen-bond acceptors (Lipinski definition) is 2. The van der Waals surface area contributed by atoms with E-state index in [4.69, 9.17) is 23.2 Å². The van der Waals surface area contributed by atoms with E-state index in [1.165, 1.54) is 0 Å². The second-order valence-electron chi connectivity index (χ2n) is 4.68. The Bertz CT molecular complexity index is 417. The average Bonchev–Trinajstić information content (AvgIpc) is 2.33. The minimum atomic E-state index is -0.0420. The van der Waals surface area contributed by atoms with Gasteiger partial charge in [0.15, 0.2) is 0 Å². The Morgan fingerprint density at radius 2 is 1.89 bits per heavy atom. The third-order valence-electron chi connectivity index (χ3n) is 2.84. The monoisotopic (exact) mass is 302 g/mol. The van der Waals surface area contributed by atoms with E-state index in [0.29, 0.717) is 23.1 Å². The van der Waals surface area contributed by atoms with Gasteiger partial charge >= 0.3 is 0 Å². The van der Waals surface area contributed by atoms with Gasteiger partial charge in [-0.15, -0.1) is 0 Å². The first-order valence-corrected chi connectivity index (χ1v) is 7.10. The summed E-state index contributed by atoms with van der Waals surface area (Å²) in [5.41, 5.74) is 0.934. The topological polar surface area (TPSA) is 32.3 Å². The highest BCUT2D eigenvalue weighted by Gasteiger charge is 2.17. The minimum Gasteiger partial charge on any atom is -0.341 e. The Morgan fingerprint density at radius 1 is 1.32 bits per heavy atom. The van der Waals surface area contributed by atoms with Crippen molar-refractivity contribution in [2.45, 2.75) is 20.4 Å². The summed E-state index contributed by atoms with van der Waals surface area (Å²) in [4.78, 5) is 13.8. The van der Waals surface area contributed by atoms with Gasteiger partial charge in [0.1, 0.15) is 0 Å². The van der Waals surface area contributed by atoms with E-state index in [9.17, 15) is 4.79 Å². The van der Waals surface area contributed by atoms with Crippen molar-refractivity contribution in [3.05, 3.63) is 33.8 Å². The highest BCUT2D eigenvalue weighted by Crippen LogP contribution is 2.20. The molecule has 1 aromatic rings. The van der Waals surface area contributed by atoms with Gasteiger partial charge in [-0.2, -0.15) is 0 Å². The molecule has 0 aliphatic heterocycles. The molecule has 0 bridgehead atoms. The molecule has 0 aliphatic rings. The van der Waals surface area contributed by atoms with Gasteiger partial charge in [0.05, 0.1) is 0 Å². The molecule has 1 N–H and O–H groups in total. The molecule has 3 nitrogen and oxygen atoms in total. The number of benzene rings is 1. The van der Waals surface area contributed by atoms with Gasteiger partial charge in [0, 0.05) is 36.1 Å². The third kappa shape index (κ3) is 5.39. The van der Waals surface area contributed by atoms with Gasteiger partial charge in [-0.3, -0.25) is 4.79 Å². The van der Waals surface area contributed by atoms with Crippen LogP contribution in [-0.4, -0.2) is 30.9 Å². The fraction of sp³-hybridized carbons (Fsp3) is 0.500. The van der Waals surface area contributed by atoms with E-state index in [-0.39, 0.29) is 11.8 Å². The molecule has 1 atom stereocenters. The minimum absolute atomic E-state index is 0.0420. The van der Waals surface area contributed by atoms with Crippen LogP contribution in [0.1, 0.15) is 19.4 Å². The lowest BCUT2D eigenvalue weighted by Gasteiger charge is -2.22. The second kappa shape index (κ2) is 7.73. The Morgan fingerprint density at radius 3 is 2.42 bits per heavy atom. The van der Waals surface area contributed by atoms with E-state index in [0.717, 1.165) is 12.1 Å². The molecule has 19 heavy (non-hydrogen) atoms. The predicted octanol–water partition coefficient (Wildman–Crippen LogP) is 3.20. The van der Waals surface area contributed by atoms with Crippen LogP contribution in [-0.2, 0) is 11.3 Å². The first kappa shape index (κ1) is 16.3. The lowest BCUT2D eigenvalue weighted by atomic mass is 10.1. The number of rotatable bonds is 6. The summed E-state index contributed by atoms with van der Waals surface area (Å²) in [5, 5.41) is 4.35. The van der Waals surface area contributed by atoms with Crippen LogP contribution < -0.4 is 5.32 Å². The Labute approximate surface area is 124 Å². The number of amides is 1. The van der Waals surface area contributed by atoms with Crippen LogP contribution in [0.15, 0.2) is 18.2 Å². The van der Waals surface area contributed by atoms with Crippen molar-refractivity contribution in [2.24, 2.45) is 5.92 Å². The maximum Gasteiger partial charge on any atom is 0.226 e. The zero-order valence-electron chi connectivity index (χ0n) is 11.5. The summed E-state index contributed by atoms with van der Waals surface area (Å²) >= 11 is 11.9. The molecule has 1 amide bonds. The fourth-order valence-corrected chi connectivity index (χ4v) is 2.45. The molecule has 0 saturated heterocycles. The summed E-state index contributed by atoms with van der Waals surface area (Å²) in [6.07, 6.45) is 0. The van der Waals surface area contributed by atoms with Gasteiger partial charge in [-0.05, 0) is 30.3 Å². The predicted molar refractivity (Wildman–Crippen MR) is 80.6 cm³/mol. The molecular weight excluding hydrogens is 283 g/mol. The molecular formula is C14H20Cl2N2O.